The van der Waals surface area contributed by atoms with Crippen LogP contribution in [0.1, 0.15) is 51.8 Å². The molecule has 0 aliphatic carbocycles. The van der Waals surface area contributed by atoms with Gasteiger partial charge in [-0.25, -0.2) is 0 Å². The number of nitrogens with zero attached hydrogens (tertiary/aromatic N) is 2. The number of carbonyl (C=O) groups excluding carboxylic acids is 1. The second-order valence-corrected chi connectivity index (χ2v) is 7.17. The Morgan fingerprint density at radius 3 is 2.76 bits per heavy atom. The first kappa shape index (κ1) is 19.0. The van der Waals surface area contributed by atoms with E-state index in [-0.39, 0.29) is 5.91 Å². The van der Waals surface area contributed by atoms with Gasteiger partial charge in [0.05, 0.1) is 0 Å². The van der Waals surface area contributed by atoms with E-state index >= 15 is 0 Å². The maximum Gasteiger partial charge on any atom is 0.289 e. The number of hydrogen-bond acceptors (Lipinski definition) is 4. The maximum atomic E-state index is 12.8. The average molecular weight is 385 g/mol. The van der Waals surface area contributed by atoms with Crippen LogP contribution in [0.5, 0.6) is 0 Å². The summed E-state index contributed by atoms with van der Waals surface area (Å²) in [5, 5.41) is 0. The van der Waals surface area contributed by atoms with Crippen molar-refractivity contribution in [1.29, 1.82) is 0 Å². The van der Waals surface area contributed by atoms with E-state index in [2.05, 4.69) is 35.0 Å². The molecule has 1 amide bonds. The fourth-order valence-electron chi connectivity index (χ4n) is 3.64. The molecule has 0 bridgehead atoms. The van der Waals surface area contributed by atoms with Crippen LogP contribution in [0.3, 0.4) is 0 Å². The molecule has 0 atom stereocenters. The third-order valence-corrected chi connectivity index (χ3v) is 5.25. The van der Waals surface area contributed by atoms with E-state index < -0.39 is 0 Å². The van der Waals surface area contributed by atoms with Gasteiger partial charge in [-0.3, -0.25) is 9.78 Å². The van der Waals surface area contributed by atoms with Crippen molar-refractivity contribution in [3.63, 3.8) is 0 Å². The Hall–Kier alpha value is -3.36. The molecule has 5 heteroatoms. The molecule has 3 aromatic rings. The van der Waals surface area contributed by atoms with Gasteiger partial charge in [-0.1, -0.05) is 30.2 Å². The quantitative estimate of drug-likeness (QED) is 0.700. The average Bonchev–Trinajstić information content (AvgIpc) is 3.27. The van der Waals surface area contributed by atoms with E-state index in [4.69, 9.17) is 10.2 Å². The number of likely N-dealkylation sites (tertiary alicyclic amines) is 1. The molecule has 1 aromatic carbocycles. The maximum absolute atomic E-state index is 12.8. The molecule has 146 valence electrons. The molecule has 1 saturated heterocycles. The minimum absolute atomic E-state index is 0.0754. The molecule has 3 heterocycles. The predicted octanol–water partition coefficient (Wildman–Crippen LogP) is 3.55. The number of benzene rings is 1. The Labute approximate surface area is 170 Å². The number of pyridine rings is 1. The van der Waals surface area contributed by atoms with Crippen molar-refractivity contribution in [3.05, 3.63) is 89.1 Å². The zero-order valence-electron chi connectivity index (χ0n) is 16.2. The molecule has 0 saturated carbocycles. The third-order valence-electron chi connectivity index (χ3n) is 5.25. The van der Waals surface area contributed by atoms with E-state index in [9.17, 15) is 4.79 Å². The molecule has 0 spiro atoms. The number of carbonyl (C=O) groups is 1. The van der Waals surface area contributed by atoms with Crippen LogP contribution in [0.15, 0.2) is 65.3 Å². The molecule has 0 unspecified atom stereocenters. The van der Waals surface area contributed by atoms with Crippen LogP contribution in [0.2, 0.25) is 0 Å². The molecular weight excluding hydrogens is 362 g/mol. The Morgan fingerprint density at radius 2 is 2.00 bits per heavy atom. The van der Waals surface area contributed by atoms with Gasteiger partial charge in [-0.15, -0.1) is 0 Å². The number of rotatable bonds is 3. The summed E-state index contributed by atoms with van der Waals surface area (Å²) in [5.41, 5.74) is 9.02. The van der Waals surface area contributed by atoms with Gasteiger partial charge in [0.1, 0.15) is 0 Å². The fraction of sp³-hybridized carbons (Fsp3) is 0.250. The molecule has 0 radical (unpaired) electrons. The summed E-state index contributed by atoms with van der Waals surface area (Å²) in [4.78, 5) is 18.7. The molecule has 29 heavy (non-hydrogen) atoms. The molecule has 1 aliphatic rings. The molecule has 5 nitrogen and oxygen atoms in total. The zero-order chi connectivity index (χ0) is 20.1. The summed E-state index contributed by atoms with van der Waals surface area (Å²) in [6.07, 6.45) is 5.27. The normalized spacial score (nSPS) is 14.3. The minimum Gasteiger partial charge on any atom is -0.443 e. The van der Waals surface area contributed by atoms with E-state index in [1.165, 1.54) is 5.56 Å². The van der Waals surface area contributed by atoms with Crippen LogP contribution >= 0.6 is 0 Å². The molecule has 1 fully saturated rings. The largest absolute Gasteiger partial charge is 0.443 e. The van der Waals surface area contributed by atoms with Crippen molar-refractivity contribution in [2.45, 2.75) is 25.3 Å². The standard InChI is InChI=1S/C24H23N3O2/c25-16-19-3-1-5-21(15-19)20-10-13-27(14-11-20)24(28)23-9-8-22(29-23)7-6-18-4-2-12-26-17-18/h1-5,8-9,12,15,17,20H,10-11,13-14,16,25H2. The number of hydrogen-bond donors (Lipinski definition) is 1. The van der Waals surface area contributed by atoms with Crippen LogP contribution < -0.4 is 5.73 Å². The summed E-state index contributed by atoms with van der Waals surface area (Å²) in [7, 11) is 0. The Morgan fingerprint density at radius 1 is 1.14 bits per heavy atom. The molecular formula is C24H23N3O2. The van der Waals surface area contributed by atoms with Crippen LogP contribution in [0, 0.1) is 11.8 Å². The van der Waals surface area contributed by atoms with Crippen molar-refractivity contribution in [2.24, 2.45) is 5.73 Å². The van der Waals surface area contributed by atoms with Crippen LogP contribution in [-0.4, -0.2) is 28.9 Å². The van der Waals surface area contributed by atoms with Crippen molar-refractivity contribution in [2.75, 3.05) is 13.1 Å². The minimum atomic E-state index is -0.0754. The lowest BCUT2D eigenvalue weighted by atomic mass is 9.88. The van der Waals surface area contributed by atoms with Gasteiger partial charge in [0.25, 0.3) is 5.91 Å². The number of aromatic nitrogens is 1. The topological polar surface area (TPSA) is 72.4 Å². The third kappa shape index (κ3) is 4.56. The highest BCUT2D eigenvalue weighted by molar-refractivity contribution is 5.91. The molecule has 2 aromatic heterocycles. The van der Waals surface area contributed by atoms with Gasteiger partial charge >= 0.3 is 0 Å². The fourth-order valence-corrected chi connectivity index (χ4v) is 3.64. The monoisotopic (exact) mass is 385 g/mol. The smallest absolute Gasteiger partial charge is 0.289 e. The summed E-state index contributed by atoms with van der Waals surface area (Å²) in [6, 6.07) is 15.6. The Kier molecular flexibility index (Phi) is 5.73. The van der Waals surface area contributed by atoms with E-state index in [1.54, 1.807) is 24.5 Å². The Balaban J connectivity index is 1.37. The Bertz CT molecular complexity index is 1040. The van der Waals surface area contributed by atoms with Crippen LogP contribution in [-0.2, 0) is 6.54 Å². The summed E-state index contributed by atoms with van der Waals surface area (Å²) in [5.74, 6) is 7.13. The van der Waals surface area contributed by atoms with E-state index in [0.717, 1.165) is 24.0 Å². The lowest BCUT2D eigenvalue weighted by molar-refractivity contribution is 0.0680. The highest BCUT2D eigenvalue weighted by Crippen LogP contribution is 2.29. The predicted molar refractivity (Wildman–Crippen MR) is 111 cm³/mol. The summed E-state index contributed by atoms with van der Waals surface area (Å²) < 4.78 is 5.66. The molecule has 4 rings (SSSR count). The van der Waals surface area contributed by atoms with Gasteiger partial charge in [-0.2, -0.15) is 0 Å². The SMILES string of the molecule is NCc1cccc(C2CCN(C(=O)c3ccc(C#Cc4cccnc4)o3)CC2)c1. The first-order chi connectivity index (χ1) is 14.2. The number of furan rings is 1. The second kappa shape index (κ2) is 8.76. The van der Waals surface area contributed by atoms with Gasteiger partial charge in [0, 0.05) is 37.6 Å². The van der Waals surface area contributed by atoms with Crippen molar-refractivity contribution >= 4 is 5.91 Å². The van der Waals surface area contributed by atoms with E-state index in [0.29, 0.717) is 37.1 Å². The van der Waals surface area contributed by atoms with Crippen molar-refractivity contribution in [3.8, 4) is 11.8 Å². The number of piperidine rings is 1. The molecule has 2 N–H and O–H groups in total. The lowest BCUT2D eigenvalue weighted by Gasteiger charge is -2.31. The highest BCUT2D eigenvalue weighted by Gasteiger charge is 2.26. The summed E-state index contributed by atoms with van der Waals surface area (Å²) in [6.45, 7) is 1.98. The van der Waals surface area contributed by atoms with Gasteiger partial charge in [0.2, 0.25) is 0 Å². The van der Waals surface area contributed by atoms with Crippen LogP contribution in [0.25, 0.3) is 0 Å². The lowest BCUT2D eigenvalue weighted by Crippen LogP contribution is -2.37. The highest BCUT2D eigenvalue weighted by atomic mass is 16.3. The first-order valence-corrected chi connectivity index (χ1v) is 9.83. The van der Waals surface area contributed by atoms with Crippen molar-refractivity contribution < 1.29 is 9.21 Å². The number of nitrogens with two attached hydrogens (primary N) is 1. The van der Waals surface area contributed by atoms with Crippen LogP contribution in [0.4, 0.5) is 0 Å². The summed E-state index contributed by atoms with van der Waals surface area (Å²) >= 11 is 0. The van der Waals surface area contributed by atoms with Gasteiger partial charge in [0.15, 0.2) is 11.5 Å². The van der Waals surface area contributed by atoms with E-state index in [1.807, 2.05) is 23.1 Å². The van der Waals surface area contributed by atoms with Gasteiger partial charge < -0.3 is 15.1 Å². The zero-order valence-corrected chi connectivity index (χ0v) is 16.2. The second-order valence-electron chi connectivity index (χ2n) is 7.17. The van der Waals surface area contributed by atoms with Gasteiger partial charge in [-0.05, 0) is 60.1 Å². The number of amides is 1. The first-order valence-electron chi connectivity index (χ1n) is 9.83. The molecule has 1 aliphatic heterocycles. The van der Waals surface area contributed by atoms with Crippen molar-refractivity contribution in [1.82, 2.24) is 9.88 Å².